The number of benzene rings is 2. The van der Waals surface area contributed by atoms with Crippen molar-refractivity contribution >= 4 is 34.4 Å². The molecule has 0 N–H and O–H groups in total. The van der Waals surface area contributed by atoms with Gasteiger partial charge in [0, 0.05) is 29.6 Å². The monoisotopic (exact) mass is 401 g/mol. The summed E-state index contributed by atoms with van der Waals surface area (Å²) in [6, 6.07) is 13.4. The number of Topliss-reactive ketones (excluding diaryl/α,β-unsaturated/α-hetero) is 1. The molecule has 0 saturated heterocycles. The summed E-state index contributed by atoms with van der Waals surface area (Å²) in [6.07, 6.45) is 3.78. The fourth-order valence-corrected chi connectivity index (χ4v) is 3.95. The van der Waals surface area contributed by atoms with E-state index in [4.69, 9.17) is 14.7 Å². The minimum atomic E-state index is -0.368. The van der Waals surface area contributed by atoms with Crippen molar-refractivity contribution in [3.05, 3.63) is 71.0 Å². The quantitative estimate of drug-likeness (QED) is 0.599. The van der Waals surface area contributed by atoms with Crippen molar-refractivity contribution in [1.82, 2.24) is 4.98 Å². The zero-order valence-corrected chi connectivity index (χ0v) is 16.6. The number of amidine groups is 1. The third kappa shape index (κ3) is 3.14. The molecular weight excluding hydrogens is 381 g/mol. The molecule has 0 unspecified atom stereocenters. The number of ketones is 1. The minimum Gasteiger partial charge on any atom is -0.497 e. The summed E-state index contributed by atoms with van der Waals surface area (Å²) in [5.41, 5.74) is 2.68. The number of hydrogen-bond acceptors (Lipinski definition) is 5. The molecule has 2 aliphatic heterocycles. The lowest BCUT2D eigenvalue weighted by Gasteiger charge is -2.30. The van der Waals surface area contributed by atoms with E-state index in [0.717, 1.165) is 47.4 Å². The molecule has 0 saturated carbocycles. The molecular formula is C24H20FN3O2. The molecule has 0 radical (unpaired) electrons. The maximum absolute atomic E-state index is 13.3. The van der Waals surface area contributed by atoms with E-state index in [9.17, 15) is 9.18 Å². The van der Waals surface area contributed by atoms with Gasteiger partial charge in [-0.1, -0.05) is 0 Å². The number of halogens is 1. The third-order valence-electron chi connectivity index (χ3n) is 5.48. The van der Waals surface area contributed by atoms with Crippen molar-refractivity contribution in [3.63, 3.8) is 0 Å². The van der Waals surface area contributed by atoms with Gasteiger partial charge in [0.1, 0.15) is 23.2 Å². The number of hydrogen-bond donors (Lipinski definition) is 0. The molecule has 2 aromatic carbocycles. The summed E-state index contributed by atoms with van der Waals surface area (Å²) in [4.78, 5) is 25.0. The molecule has 150 valence electrons. The number of rotatable bonds is 3. The maximum Gasteiger partial charge on any atom is 0.196 e. The highest BCUT2D eigenvalue weighted by Crippen LogP contribution is 2.34. The summed E-state index contributed by atoms with van der Waals surface area (Å²) in [6.45, 7) is 1.41. The predicted octanol–water partition coefficient (Wildman–Crippen LogP) is 4.66. The van der Waals surface area contributed by atoms with E-state index in [0.29, 0.717) is 23.5 Å². The highest BCUT2D eigenvalue weighted by Gasteiger charge is 2.31. The number of ether oxygens (including phenoxy) is 1. The van der Waals surface area contributed by atoms with Gasteiger partial charge >= 0.3 is 0 Å². The molecule has 0 atom stereocenters. The van der Waals surface area contributed by atoms with Gasteiger partial charge in [0.2, 0.25) is 0 Å². The molecule has 0 aliphatic carbocycles. The zero-order valence-electron chi connectivity index (χ0n) is 16.6. The number of carbonyl (C=O) groups excluding carboxylic acids is 1. The van der Waals surface area contributed by atoms with E-state index in [-0.39, 0.29) is 11.6 Å². The number of aliphatic imine (C=N–C) groups is 1. The summed E-state index contributed by atoms with van der Waals surface area (Å²) < 4.78 is 18.7. The van der Waals surface area contributed by atoms with Gasteiger partial charge in [0.25, 0.3) is 0 Å². The Morgan fingerprint density at radius 3 is 2.73 bits per heavy atom. The van der Waals surface area contributed by atoms with Crippen LogP contribution in [0.3, 0.4) is 0 Å². The number of aromatic nitrogens is 1. The second kappa shape index (κ2) is 7.37. The second-order valence-corrected chi connectivity index (χ2v) is 7.42. The molecule has 0 bridgehead atoms. The summed E-state index contributed by atoms with van der Waals surface area (Å²) in [5.74, 6) is 1.67. The molecule has 30 heavy (non-hydrogen) atoms. The minimum absolute atomic E-state index is 0.169. The van der Waals surface area contributed by atoms with Crippen molar-refractivity contribution in [2.45, 2.75) is 12.8 Å². The van der Waals surface area contributed by atoms with Crippen molar-refractivity contribution in [3.8, 4) is 5.75 Å². The number of fused-ring (bicyclic) bond motifs is 4. The fraction of sp³-hybridized carbons (Fsp3) is 0.208. The first-order valence-corrected chi connectivity index (χ1v) is 9.97. The Bertz CT molecular complexity index is 1220. The SMILES string of the molecule is COc1ccc2nc3c(cc2c1)C=C(C(=O)c1ccc(F)cc1)C1=NCCCCN13. The van der Waals surface area contributed by atoms with Gasteiger partial charge in [-0.25, -0.2) is 9.37 Å². The average molecular weight is 401 g/mol. The van der Waals surface area contributed by atoms with Crippen molar-refractivity contribution in [2.75, 3.05) is 25.1 Å². The Kier molecular flexibility index (Phi) is 4.54. The molecule has 0 spiro atoms. The van der Waals surface area contributed by atoms with E-state index in [1.165, 1.54) is 24.3 Å². The number of pyridine rings is 1. The van der Waals surface area contributed by atoms with Gasteiger partial charge in [0.05, 0.1) is 18.2 Å². The molecule has 0 amide bonds. The van der Waals surface area contributed by atoms with Crippen molar-refractivity contribution < 1.29 is 13.9 Å². The fourth-order valence-electron chi connectivity index (χ4n) is 3.95. The van der Waals surface area contributed by atoms with Crippen LogP contribution in [0.25, 0.3) is 17.0 Å². The topological polar surface area (TPSA) is 54.8 Å². The molecule has 3 heterocycles. The van der Waals surface area contributed by atoms with Crippen molar-refractivity contribution in [2.24, 2.45) is 4.99 Å². The van der Waals surface area contributed by atoms with Crippen LogP contribution in [0.4, 0.5) is 10.2 Å². The standard InChI is InChI=1S/C24H20FN3O2/c1-30-19-8-9-21-16(13-19)12-17-14-20(22(29)15-4-6-18(25)7-5-15)24-26-10-2-3-11-28(24)23(17)27-21/h4-9,12-14H,2-3,10-11H2,1H3. The van der Waals surface area contributed by atoms with Crippen LogP contribution >= 0.6 is 0 Å². The Morgan fingerprint density at radius 1 is 1.10 bits per heavy atom. The first-order chi connectivity index (χ1) is 14.6. The molecule has 6 heteroatoms. The lowest BCUT2D eigenvalue weighted by atomic mass is 9.95. The Labute approximate surface area is 173 Å². The number of anilines is 1. The van der Waals surface area contributed by atoms with Crippen LogP contribution in [0.1, 0.15) is 28.8 Å². The zero-order chi connectivity index (χ0) is 20.7. The third-order valence-corrected chi connectivity index (χ3v) is 5.48. The van der Waals surface area contributed by atoms with E-state index in [1.807, 2.05) is 35.2 Å². The van der Waals surface area contributed by atoms with Gasteiger partial charge in [-0.05, 0) is 67.4 Å². The van der Waals surface area contributed by atoms with Crippen LogP contribution in [0.15, 0.2) is 59.1 Å². The van der Waals surface area contributed by atoms with Gasteiger partial charge in [-0.2, -0.15) is 0 Å². The first kappa shape index (κ1) is 18.5. The lowest BCUT2D eigenvalue weighted by molar-refractivity contribution is 0.104. The Morgan fingerprint density at radius 2 is 1.93 bits per heavy atom. The Hall–Kier alpha value is -3.54. The number of methoxy groups -OCH3 is 1. The molecule has 3 aromatic rings. The van der Waals surface area contributed by atoms with Crippen LogP contribution < -0.4 is 9.64 Å². The average Bonchev–Trinajstić information content (AvgIpc) is 3.03. The number of carbonyl (C=O) groups is 1. The molecule has 1 aromatic heterocycles. The van der Waals surface area contributed by atoms with E-state index in [1.54, 1.807) is 7.11 Å². The molecule has 5 nitrogen and oxygen atoms in total. The first-order valence-electron chi connectivity index (χ1n) is 9.97. The van der Waals surface area contributed by atoms with Crippen LogP contribution in [0.2, 0.25) is 0 Å². The normalized spacial score (nSPS) is 15.6. The molecule has 0 fully saturated rings. The largest absolute Gasteiger partial charge is 0.497 e. The maximum atomic E-state index is 13.3. The lowest BCUT2D eigenvalue weighted by Crippen LogP contribution is -2.38. The van der Waals surface area contributed by atoms with E-state index < -0.39 is 0 Å². The highest BCUT2D eigenvalue weighted by atomic mass is 19.1. The number of nitrogens with zero attached hydrogens (tertiary/aromatic N) is 3. The van der Waals surface area contributed by atoms with Crippen molar-refractivity contribution in [1.29, 1.82) is 0 Å². The summed E-state index contributed by atoms with van der Waals surface area (Å²) >= 11 is 0. The summed E-state index contributed by atoms with van der Waals surface area (Å²) in [7, 11) is 1.63. The predicted molar refractivity (Wildman–Crippen MR) is 116 cm³/mol. The molecule has 2 aliphatic rings. The Balaban J connectivity index is 1.69. The molecule has 5 rings (SSSR count). The van der Waals surface area contributed by atoms with Crippen LogP contribution in [-0.2, 0) is 0 Å². The van der Waals surface area contributed by atoms with Gasteiger partial charge in [-0.15, -0.1) is 0 Å². The van der Waals surface area contributed by atoms with Crippen LogP contribution in [0.5, 0.6) is 5.75 Å². The van der Waals surface area contributed by atoms with Crippen LogP contribution in [-0.4, -0.2) is 36.8 Å². The van der Waals surface area contributed by atoms with Gasteiger partial charge in [-0.3, -0.25) is 9.79 Å². The van der Waals surface area contributed by atoms with Gasteiger partial charge in [0.15, 0.2) is 5.78 Å². The van der Waals surface area contributed by atoms with E-state index >= 15 is 0 Å². The van der Waals surface area contributed by atoms with Gasteiger partial charge < -0.3 is 9.64 Å². The van der Waals surface area contributed by atoms with Crippen LogP contribution in [0, 0.1) is 5.82 Å². The summed E-state index contributed by atoms with van der Waals surface area (Å²) in [5, 5.41) is 0.938. The highest BCUT2D eigenvalue weighted by molar-refractivity contribution is 6.35. The second-order valence-electron chi connectivity index (χ2n) is 7.42. The smallest absolute Gasteiger partial charge is 0.196 e. The van der Waals surface area contributed by atoms with E-state index in [2.05, 4.69) is 0 Å².